The molecule has 6 nitrogen and oxygen atoms in total. The van der Waals surface area contributed by atoms with Crippen LogP contribution in [0.3, 0.4) is 0 Å². The highest BCUT2D eigenvalue weighted by Gasteiger charge is 2.22. The smallest absolute Gasteiger partial charge is 0.315 e. The normalized spacial score (nSPS) is 10.4. The van der Waals surface area contributed by atoms with Crippen LogP contribution in [0, 0.1) is 17.0 Å². The molecule has 0 fully saturated rings. The average Bonchev–Trinajstić information content (AvgIpc) is 2.45. The molecular formula is C14H14BrN3O3. The predicted octanol–water partition coefficient (Wildman–Crippen LogP) is 3.49. The molecular weight excluding hydrogens is 338 g/mol. The van der Waals surface area contributed by atoms with Gasteiger partial charge in [-0.2, -0.15) is 0 Å². The summed E-state index contributed by atoms with van der Waals surface area (Å²) in [6, 6.07) is 11.1. The molecule has 2 aromatic carbocycles. The summed E-state index contributed by atoms with van der Waals surface area (Å²) in [4.78, 5) is 10.5. The molecule has 0 atom stereocenters. The molecule has 2 rings (SSSR count). The van der Waals surface area contributed by atoms with Crippen LogP contribution in [-0.4, -0.2) is 10.0 Å². The number of phenolic OH excluding ortho intramolecular Hbond substituents is 1. The highest BCUT2D eigenvalue weighted by atomic mass is 79.9. The van der Waals surface area contributed by atoms with Crippen molar-refractivity contribution >= 4 is 27.3 Å². The number of aromatic hydroxyl groups is 1. The maximum absolute atomic E-state index is 11.0. The Labute approximate surface area is 130 Å². The molecule has 0 aromatic heterocycles. The van der Waals surface area contributed by atoms with Crippen molar-refractivity contribution in [1.29, 1.82) is 0 Å². The maximum Gasteiger partial charge on any atom is 0.315 e. The second-order valence-corrected chi connectivity index (χ2v) is 5.30. The van der Waals surface area contributed by atoms with Crippen LogP contribution in [0.25, 0.3) is 0 Å². The number of anilines is 1. The van der Waals surface area contributed by atoms with Crippen LogP contribution in [0.15, 0.2) is 40.9 Å². The highest BCUT2D eigenvalue weighted by Crippen LogP contribution is 2.37. The van der Waals surface area contributed by atoms with E-state index in [0.717, 1.165) is 5.69 Å². The lowest BCUT2D eigenvalue weighted by molar-refractivity contribution is -0.386. The highest BCUT2D eigenvalue weighted by molar-refractivity contribution is 9.10. The van der Waals surface area contributed by atoms with Crippen LogP contribution in [-0.2, 0) is 6.54 Å². The van der Waals surface area contributed by atoms with Gasteiger partial charge in [0, 0.05) is 27.8 Å². The van der Waals surface area contributed by atoms with E-state index in [1.807, 2.05) is 30.3 Å². The fraction of sp³-hybridized carbons (Fsp3) is 0.143. The number of nitrogens with one attached hydrogen (secondary N) is 2. The Bertz CT molecular complexity index is 662. The monoisotopic (exact) mass is 351 g/mol. The van der Waals surface area contributed by atoms with Crippen LogP contribution in [0.2, 0.25) is 0 Å². The summed E-state index contributed by atoms with van der Waals surface area (Å²) >= 11 is 3.27. The Balaban J connectivity index is 2.15. The zero-order valence-electron chi connectivity index (χ0n) is 11.3. The molecule has 0 spiro atoms. The molecule has 0 radical (unpaired) electrons. The van der Waals surface area contributed by atoms with Gasteiger partial charge >= 0.3 is 5.69 Å². The van der Waals surface area contributed by atoms with Gasteiger partial charge in [-0.1, -0.05) is 34.1 Å². The minimum atomic E-state index is -0.580. The van der Waals surface area contributed by atoms with Gasteiger partial charge in [0.2, 0.25) is 0 Å². The van der Waals surface area contributed by atoms with E-state index >= 15 is 0 Å². The zero-order chi connectivity index (χ0) is 15.4. The van der Waals surface area contributed by atoms with E-state index in [4.69, 9.17) is 0 Å². The maximum atomic E-state index is 11.0. The van der Waals surface area contributed by atoms with E-state index in [1.165, 1.54) is 0 Å². The summed E-state index contributed by atoms with van der Waals surface area (Å²) < 4.78 is 0.587. The van der Waals surface area contributed by atoms with Crippen molar-refractivity contribution in [3.8, 4) is 5.75 Å². The predicted molar refractivity (Wildman–Crippen MR) is 84.1 cm³/mol. The summed E-state index contributed by atoms with van der Waals surface area (Å²) in [7, 11) is 0. The Morgan fingerprint density at radius 2 is 2.00 bits per heavy atom. The number of benzene rings is 2. The van der Waals surface area contributed by atoms with Gasteiger partial charge in [0.1, 0.15) is 0 Å². The van der Waals surface area contributed by atoms with Crippen LogP contribution in [0.5, 0.6) is 5.75 Å². The largest absolute Gasteiger partial charge is 0.502 e. The van der Waals surface area contributed by atoms with Crippen LogP contribution in [0.1, 0.15) is 11.1 Å². The molecule has 0 heterocycles. The van der Waals surface area contributed by atoms with E-state index < -0.39 is 4.92 Å². The number of nitrogens with zero attached hydrogens (tertiary/aromatic N) is 1. The van der Waals surface area contributed by atoms with Gasteiger partial charge in [0.25, 0.3) is 0 Å². The Hall–Kier alpha value is -2.12. The minimum absolute atomic E-state index is 0.237. The molecule has 21 heavy (non-hydrogen) atoms. The molecule has 7 heteroatoms. The second kappa shape index (κ2) is 6.55. The molecule has 0 amide bonds. The topological polar surface area (TPSA) is 87.4 Å². The first kappa shape index (κ1) is 15.3. The standard InChI is InChI=1S/C14H14BrN3O3/c1-9-12(15)7-10(14(19)13(9)18(20)21)8-16-17-11-5-3-2-4-6-11/h2-7,16-17,19H,8H2,1H3. The number of phenols is 1. The first-order chi connectivity index (χ1) is 10.0. The number of hydrazine groups is 1. The lowest BCUT2D eigenvalue weighted by atomic mass is 10.1. The van der Waals surface area contributed by atoms with Crippen LogP contribution >= 0.6 is 15.9 Å². The summed E-state index contributed by atoms with van der Waals surface area (Å²) in [5.41, 5.74) is 7.29. The second-order valence-electron chi connectivity index (χ2n) is 4.44. The lowest BCUT2D eigenvalue weighted by Crippen LogP contribution is -2.21. The molecule has 3 N–H and O–H groups in total. The zero-order valence-corrected chi connectivity index (χ0v) is 12.8. The molecule has 2 aromatic rings. The minimum Gasteiger partial charge on any atom is -0.502 e. The third-order valence-corrected chi connectivity index (χ3v) is 3.83. The molecule has 0 aliphatic carbocycles. The number of rotatable bonds is 5. The number of para-hydroxylation sites is 1. The number of nitro benzene ring substituents is 1. The molecule has 0 bridgehead atoms. The Morgan fingerprint density at radius 1 is 1.33 bits per heavy atom. The fourth-order valence-corrected chi connectivity index (χ4v) is 2.36. The van der Waals surface area contributed by atoms with Gasteiger partial charge in [0.05, 0.1) is 4.92 Å². The summed E-state index contributed by atoms with van der Waals surface area (Å²) in [6.07, 6.45) is 0. The molecule has 0 unspecified atom stereocenters. The summed E-state index contributed by atoms with van der Waals surface area (Å²) in [6.45, 7) is 1.82. The van der Waals surface area contributed by atoms with Crippen LogP contribution in [0.4, 0.5) is 11.4 Å². The van der Waals surface area contributed by atoms with Gasteiger partial charge in [-0.15, -0.1) is 0 Å². The number of nitro groups is 1. The van der Waals surface area contributed by atoms with E-state index in [2.05, 4.69) is 26.8 Å². The lowest BCUT2D eigenvalue weighted by Gasteiger charge is -2.11. The van der Waals surface area contributed by atoms with Gasteiger partial charge in [-0.25, -0.2) is 5.43 Å². The molecule has 0 aliphatic rings. The van der Waals surface area contributed by atoms with Gasteiger partial charge in [0.15, 0.2) is 5.75 Å². The average molecular weight is 352 g/mol. The van der Waals surface area contributed by atoms with Crippen molar-refractivity contribution in [1.82, 2.24) is 5.43 Å². The summed E-state index contributed by atoms with van der Waals surface area (Å²) in [5, 5.41) is 21.1. The van der Waals surface area contributed by atoms with Crippen molar-refractivity contribution in [2.24, 2.45) is 0 Å². The van der Waals surface area contributed by atoms with E-state index in [9.17, 15) is 15.2 Å². The quantitative estimate of drug-likeness (QED) is 0.566. The van der Waals surface area contributed by atoms with E-state index in [-0.39, 0.29) is 18.0 Å². The first-order valence-electron chi connectivity index (χ1n) is 6.20. The molecule has 0 saturated carbocycles. The van der Waals surface area contributed by atoms with Crippen molar-refractivity contribution in [3.05, 3.63) is 62.1 Å². The summed E-state index contributed by atoms with van der Waals surface area (Å²) in [5.74, 6) is -0.317. The molecule has 0 aliphatic heterocycles. The van der Waals surface area contributed by atoms with Crippen molar-refractivity contribution < 1.29 is 10.0 Å². The van der Waals surface area contributed by atoms with Crippen molar-refractivity contribution in [3.63, 3.8) is 0 Å². The third-order valence-electron chi connectivity index (χ3n) is 3.01. The fourth-order valence-electron chi connectivity index (χ4n) is 1.89. The van der Waals surface area contributed by atoms with E-state index in [1.54, 1.807) is 13.0 Å². The van der Waals surface area contributed by atoms with Crippen LogP contribution < -0.4 is 10.9 Å². The number of hydrogen-bond donors (Lipinski definition) is 3. The Kier molecular flexibility index (Phi) is 4.77. The van der Waals surface area contributed by atoms with Crippen molar-refractivity contribution in [2.45, 2.75) is 13.5 Å². The van der Waals surface area contributed by atoms with Crippen molar-refractivity contribution in [2.75, 3.05) is 5.43 Å². The SMILES string of the molecule is Cc1c(Br)cc(CNNc2ccccc2)c(O)c1[N+](=O)[O-]. The van der Waals surface area contributed by atoms with Gasteiger partial charge < -0.3 is 10.5 Å². The molecule has 110 valence electrons. The molecule has 0 saturated heterocycles. The third kappa shape index (κ3) is 3.50. The number of hydrogen-bond acceptors (Lipinski definition) is 5. The Morgan fingerprint density at radius 3 is 2.62 bits per heavy atom. The van der Waals surface area contributed by atoms with E-state index in [0.29, 0.717) is 15.6 Å². The number of halogens is 1. The first-order valence-corrected chi connectivity index (χ1v) is 6.99. The van der Waals surface area contributed by atoms with Gasteiger partial charge in [-0.05, 0) is 25.1 Å². The van der Waals surface area contributed by atoms with Gasteiger partial charge in [-0.3, -0.25) is 10.1 Å².